The number of rotatable bonds is 5. The van der Waals surface area contributed by atoms with Crippen LogP contribution in [0.5, 0.6) is 0 Å². The topological polar surface area (TPSA) is 80.7 Å². The molecule has 0 bridgehead atoms. The van der Waals surface area contributed by atoms with Crippen LogP contribution in [0, 0.1) is 18.6 Å². The molecule has 35 heavy (non-hydrogen) atoms. The zero-order valence-corrected chi connectivity index (χ0v) is 20.1. The Labute approximate surface area is 203 Å². The predicted octanol–water partition coefficient (Wildman–Crippen LogP) is 3.42. The molecule has 7 nitrogen and oxygen atoms in total. The third kappa shape index (κ3) is 4.75. The van der Waals surface area contributed by atoms with Crippen LogP contribution in [-0.4, -0.2) is 59.3 Å². The monoisotopic (exact) mass is 483 g/mol. The third-order valence-electron chi connectivity index (χ3n) is 7.28. The molecule has 3 N–H and O–H groups in total. The van der Waals surface area contributed by atoms with Gasteiger partial charge in [0.05, 0.1) is 17.6 Å². The molecule has 5 rings (SSSR count). The highest BCUT2D eigenvalue weighted by atomic mass is 19.1. The number of nitrogens with one attached hydrogen (secondary N) is 2. The fourth-order valence-electron chi connectivity index (χ4n) is 4.86. The maximum atomic E-state index is 15.3. The number of anilines is 2. The summed E-state index contributed by atoms with van der Waals surface area (Å²) in [5, 5.41) is 15.8. The summed E-state index contributed by atoms with van der Waals surface area (Å²) in [6.45, 7) is 6.83. The van der Waals surface area contributed by atoms with Gasteiger partial charge < -0.3 is 20.6 Å². The first-order chi connectivity index (χ1) is 16.8. The van der Waals surface area contributed by atoms with Gasteiger partial charge in [-0.1, -0.05) is 6.07 Å². The first-order valence-corrected chi connectivity index (χ1v) is 12.2. The van der Waals surface area contributed by atoms with Gasteiger partial charge in [0.15, 0.2) is 17.3 Å². The number of benzene rings is 1. The molecule has 2 aromatic rings. The van der Waals surface area contributed by atoms with Gasteiger partial charge in [-0.05, 0) is 50.3 Å². The number of carbonyl (C=O) groups is 1. The fourth-order valence-corrected chi connectivity index (χ4v) is 4.86. The number of pyridine rings is 1. The minimum atomic E-state index is -0.889. The summed E-state index contributed by atoms with van der Waals surface area (Å²) in [5.74, 6) is -1.41. The molecule has 2 aliphatic heterocycles. The zero-order valence-electron chi connectivity index (χ0n) is 20.1. The van der Waals surface area contributed by atoms with E-state index in [1.54, 1.807) is 6.20 Å². The number of aliphatic hydroxyl groups is 1. The summed E-state index contributed by atoms with van der Waals surface area (Å²) in [4.78, 5) is 20.5. The SMILES string of the molecule is CC1=Cc2c(C)cc(CN3CCN(c4cnc(C(=O)NC5CCC5)c(F)c4)CC3)c(F)c2NC1O. The molecule has 3 aliphatic rings. The number of hydrogen-bond donors (Lipinski definition) is 3. The number of aliphatic hydroxyl groups excluding tert-OH is 1. The lowest BCUT2D eigenvalue weighted by Crippen LogP contribution is -2.46. The van der Waals surface area contributed by atoms with E-state index >= 15 is 4.39 Å². The van der Waals surface area contributed by atoms with Crippen LogP contribution in [0.1, 0.15) is 53.4 Å². The molecule has 3 heterocycles. The standard InChI is InChI=1S/C26H31F2N5O2/c1-15-10-17(22(28)23-20(15)11-16(2)25(34)31-23)14-32-6-8-33(9-7-32)19-12-21(27)24(29-13-19)26(35)30-18-4-3-5-18/h10-13,18,25,31,34H,3-9,14H2,1-2H3,(H,30,35). The molecule has 0 spiro atoms. The average Bonchev–Trinajstić information content (AvgIpc) is 2.81. The summed E-state index contributed by atoms with van der Waals surface area (Å²) in [6.07, 6.45) is 5.43. The molecule has 1 aromatic carbocycles. The van der Waals surface area contributed by atoms with Crippen LogP contribution in [0.25, 0.3) is 6.08 Å². The van der Waals surface area contributed by atoms with Crippen molar-refractivity contribution in [3.63, 3.8) is 0 Å². The smallest absolute Gasteiger partial charge is 0.273 e. The number of aromatic nitrogens is 1. The Balaban J connectivity index is 1.22. The lowest BCUT2D eigenvalue weighted by molar-refractivity contribution is 0.0907. The van der Waals surface area contributed by atoms with E-state index in [0.717, 1.165) is 36.0 Å². The Kier molecular flexibility index (Phi) is 6.46. The highest BCUT2D eigenvalue weighted by Gasteiger charge is 2.26. The minimum Gasteiger partial charge on any atom is -0.370 e. The Bertz CT molecular complexity index is 1170. The number of aryl methyl sites for hydroxylation is 1. The molecule has 1 amide bonds. The zero-order chi connectivity index (χ0) is 24.7. The van der Waals surface area contributed by atoms with E-state index in [0.29, 0.717) is 49.7 Å². The van der Waals surface area contributed by atoms with Crippen molar-refractivity contribution in [2.45, 2.75) is 51.9 Å². The Morgan fingerprint density at radius 1 is 1.20 bits per heavy atom. The maximum absolute atomic E-state index is 15.3. The van der Waals surface area contributed by atoms with E-state index in [2.05, 4.69) is 20.5 Å². The van der Waals surface area contributed by atoms with Crippen molar-refractivity contribution in [2.75, 3.05) is 36.4 Å². The largest absolute Gasteiger partial charge is 0.370 e. The first kappa shape index (κ1) is 23.7. The quantitative estimate of drug-likeness (QED) is 0.605. The predicted molar refractivity (Wildman–Crippen MR) is 131 cm³/mol. The molecule has 1 aromatic heterocycles. The fraction of sp³-hybridized carbons (Fsp3) is 0.462. The summed E-state index contributed by atoms with van der Waals surface area (Å²) in [5.41, 5.74) is 3.88. The number of fused-ring (bicyclic) bond motifs is 1. The van der Waals surface area contributed by atoms with Gasteiger partial charge in [-0.25, -0.2) is 13.8 Å². The molecular weight excluding hydrogens is 452 g/mol. The van der Waals surface area contributed by atoms with Crippen molar-refractivity contribution >= 4 is 23.4 Å². The van der Waals surface area contributed by atoms with Gasteiger partial charge in [0.25, 0.3) is 5.91 Å². The molecule has 1 unspecified atom stereocenters. The van der Waals surface area contributed by atoms with Gasteiger partial charge in [-0.2, -0.15) is 0 Å². The molecule has 186 valence electrons. The van der Waals surface area contributed by atoms with E-state index in [-0.39, 0.29) is 17.6 Å². The number of nitrogens with zero attached hydrogens (tertiary/aromatic N) is 3. The lowest BCUT2D eigenvalue weighted by atomic mass is 9.93. The van der Waals surface area contributed by atoms with Crippen molar-refractivity contribution in [1.29, 1.82) is 0 Å². The van der Waals surface area contributed by atoms with Gasteiger partial charge in [0.1, 0.15) is 6.23 Å². The summed E-state index contributed by atoms with van der Waals surface area (Å²) in [6, 6.07) is 3.37. The van der Waals surface area contributed by atoms with E-state index < -0.39 is 18.0 Å². The first-order valence-electron chi connectivity index (χ1n) is 12.2. The molecular formula is C26H31F2N5O2. The Morgan fingerprint density at radius 2 is 1.94 bits per heavy atom. The highest BCUT2D eigenvalue weighted by Crippen LogP contribution is 2.34. The van der Waals surface area contributed by atoms with Crippen LogP contribution in [0.3, 0.4) is 0 Å². The van der Waals surface area contributed by atoms with Gasteiger partial charge in [-0.3, -0.25) is 9.69 Å². The van der Waals surface area contributed by atoms with Crippen LogP contribution in [0.15, 0.2) is 23.9 Å². The van der Waals surface area contributed by atoms with Crippen LogP contribution in [0.4, 0.5) is 20.2 Å². The summed E-state index contributed by atoms with van der Waals surface area (Å²) < 4.78 is 29.9. The van der Waals surface area contributed by atoms with Crippen LogP contribution >= 0.6 is 0 Å². The Hall–Kier alpha value is -3.04. The molecule has 0 radical (unpaired) electrons. The maximum Gasteiger partial charge on any atom is 0.273 e. The van der Waals surface area contributed by atoms with Gasteiger partial charge >= 0.3 is 0 Å². The summed E-state index contributed by atoms with van der Waals surface area (Å²) in [7, 11) is 0. The van der Waals surface area contributed by atoms with E-state index in [1.807, 2.05) is 30.9 Å². The van der Waals surface area contributed by atoms with Crippen molar-refractivity contribution in [2.24, 2.45) is 0 Å². The molecule has 1 aliphatic carbocycles. The van der Waals surface area contributed by atoms with Gasteiger partial charge in [0.2, 0.25) is 0 Å². The number of halogens is 2. The normalized spacial score (nSPS) is 20.5. The molecule has 9 heteroatoms. The number of carbonyl (C=O) groups excluding carboxylic acids is 1. The minimum absolute atomic E-state index is 0.127. The van der Waals surface area contributed by atoms with Crippen molar-refractivity contribution in [3.05, 3.63) is 57.9 Å². The second-order valence-electron chi connectivity index (χ2n) is 9.78. The van der Waals surface area contributed by atoms with E-state index in [9.17, 15) is 14.3 Å². The second kappa shape index (κ2) is 9.54. The second-order valence-corrected chi connectivity index (χ2v) is 9.78. The van der Waals surface area contributed by atoms with Crippen LogP contribution in [-0.2, 0) is 6.54 Å². The van der Waals surface area contributed by atoms with Crippen molar-refractivity contribution < 1.29 is 18.7 Å². The third-order valence-corrected chi connectivity index (χ3v) is 7.28. The average molecular weight is 484 g/mol. The number of hydrogen-bond acceptors (Lipinski definition) is 6. The lowest BCUT2D eigenvalue weighted by Gasteiger charge is -2.36. The van der Waals surface area contributed by atoms with Crippen molar-refractivity contribution in [1.82, 2.24) is 15.2 Å². The molecule has 1 saturated carbocycles. The van der Waals surface area contributed by atoms with Gasteiger partial charge in [0, 0.05) is 56.0 Å². The van der Waals surface area contributed by atoms with E-state index in [4.69, 9.17) is 0 Å². The van der Waals surface area contributed by atoms with E-state index in [1.165, 1.54) is 6.07 Å². The van der Waals surface area contributed by atoms with Crippen molar-refractivity contribution in [3.8, 4) is 0 Å². The Morgan fingerprint density at radius 3 is 2.60 bits per heavy atom. The van der Waals surface area contributed by atoms with Crippen LogP contribution in [0.2, 0.25) is 0 Å². The molecule has 2 fully saturated rings. The van der Waals surface area contributed by atoms with Crippen LogP contribution < -0.4 is 15.5 Å². The summed E-state index contributed by atoms with van der Waals surface area (Å²) >= 11 is 0. The van der Waals surface area contributed by atoms with Gasteiger partial charge in [-0.15, -0.1) is 0 Å². The number of piperazine rings is 1. The number of amides is 1. The molecule has 1 atom stereocenters. The highest BCUT2D eigenvalue weighted by molar-refractivity contribution is 5.93. The molecule has 1 saturated heterocycles.